The lowest BCUT2D eigenvalue weighted by Crippen LogP contribution is -2.51. The Morgan fingerprint density at radius 1 is 1.33 bits per heavy atom. The molecule has 18 heavy (non-hydrogen) atoms. The van der Waals surface area contributed by atoms with Crippen molar-refractivity contribution in [2.75, 3.05) is 31.1 Å². The van der Waals surface area contributed by atoms with E-state index in [1.807, 2.05) is 11.8 Å². The fourth-order valence-electron chi connectivity index (χ4n) is 1.95. The van der Waals surface area contributed by atoms with E-state index in [-0.39, 0.29) is 10.7 Å². The van der Waals surface area contributed by atoms with Gasteiger partial charge >= 0.3 is 0 Å². The molecule has 0 saturated carbocycles. The molecule has 0 radical (unpaired) electrons. The molecule has 1 aliphatic heterocycles. The van der Waals surface area contributed by atoms with E-state index in [0.717, 1.165) is 38.5 Å². The van der Waals surface area contributed by atoms with Gasteiger partial charge in [-0.05, 0) is 12.5 Å². The molecule has 98 valence electrons. The van der Waals surface area contributed by atoms with Crippen molar-refractivity contribution in [3.05, 3.63) is 18.5 Å². The summed E-state index contributed by atoms with van der Waals surface area (Å²) in [5, 5.41) is 0. The first-order valence-corrected chi connectivity index (χ1v) is 7.08. The van der Waals surface area contributed by atoms with Crippen molar-refractivity contribution in [1.82, 2.24) is 14.9 Å². The van der Waals surface area contributed by atoms with Crippen LogP contribution in [0.15, 0.2) is 18.5 Å². The van der Waals surface area contributed by atoms with Crippen LogP contribution in [0.1, 0.15) is 13.3 Å². The van der Waals surface area contributed by atoms with E-state index >= 15 is 0 Å². The number of rotatable bonds is 3. The molecule has 1 fully saturated rings. The molecule has 0 N–H and O–H groups in total. The van der Waals surface area contributed by atoms with E-state index < -0.39 is 0 Å². The van der Waals surface area contributed by atoms with Crippen molar-refractivity contribution in [3.8, 4) is 0 Å². The van der Waals surface area contributed by atoms with Gasteiger partial charge in [-0.25, -0.2) is 9.97 Å². The summed E-state index contributed by atoms with van der Waals surface area (Å²) in [6.45, 7) is 5.06. The normalized spacial score (nSPS) is 17.7. The van der Waals surface area contributed by atoms with Crippen molar-refractivity contribution in [2.24, 2.45) is 0 Å². The lowest BCUT2D eigenvalue weighted by molar-refractivity contribution is -0.130. The van der Waals surface area contributed by atoms with Crippen molar-refractivity contribution in [3.63, 3.8) is 0 Å². The van der Waals surface area contributed by atoms with E-state index in [0.29, 0.717) is 0 Å². The quantitative estimate of drug-likeness (QED) is 0.789. The Balaban J connectivity index is 1.90. The Morgan fingerprint density at radius 2 is 1.94 bits per heavy atom. The number of anilines is 1. The summed E-state index contributed by atoms with van der Waals surface area (Å²) in [4.78, 5) is 24.4. The molecule has 2 rings (SSSR count). The van der Waals surface area contributed by atoms with Crippen molar-refractivity contribution < 1.29 is 4.79 Å². The molecular formula is C12H17BrN4O. The first-order chi connectivity index (χ1) is 8.72. The second-order valence-corrected chi connectivity index (χ2v) is 5.34. The van der Waals surface area contributed by atoms with E-state index in [2.05, 4.69) is 30.8 Å². The molecule has 2 heterocycles. The van der Waals surface area contributed by atoms with Gasteiger partial charge in [0.25, 0.3) is 0 Å². The van der Waals surface area contributed by atoms with Gasteiger partial charge in [0.1, 0.15) is 0 Å². The van der Waals surface area contributed by atoms with Crippen molar-refractivity contribution in [1.29, 1.82) is 0 Å². The molecule has 1 atom stereocenters. The summed E-state index contributed by atoms with van der Waals surface area (Å²) in [7, 11) is 0. The summed E-state index contributed by atoms with van der Waals surface area (Å²) in [5.41, 5.74) is 0. The summed E-state index contributed by atoms with van der Waals surface area (Å²) < 4.78 is 0. The van der Waals surface area contributed by atoms with Gasteiger partial charge in [-0.3, -0.25) is 4.79 Å². The van der Waals surface area contributed by atoms with Gasteiger partial charge < -0.3 is 9.80 Å². The van der Waals surface area contributed by atoms with Crippen molar-refractivity contribution >= 4 is 27.8 Å². The van der Waals surface area contributed by atoms with Gasteiger partial charge in [-0.15, -0.1) is 0 Å². The molecule has 5 nitrogen and oxygen atoms in total. The molecule has 1 aromatic heterocycles. The van der Waals surface area contributed by atoms with E-state index in [4.69, 9.17) is 0 Å². The lowest BCUT2D eigenvalue weighted by atomic mass is 10.2. The highest BCUT2D eigenvalue weighted by molar-refractivity contribution is 9.10. The van der Waals surface area contributed by atoms with Gasteiger partial charge in [-0.2, -0.15) is 0 Å². The molecule has 0 aliphatic carbocycles. The van der Waals surface area contributed by atoms with Gasteiger partial charge in [0.15, 0.2) is 0 Å². The maximum Gasteiger partial charge on any atom is 0.236 e. The van der Waals surface area contributed by atoms with Gasteiger partial charge in [-0.1, -0.05) is 22.9 Å². The van der Waals surface area contributed by atoms with Gasteiger partial charge in [0, 0.05) is 38.6 Å². The third-order valence-electron chi connectivity index (χ3n) is 3.05. The van der Waals surface area contributed by atoms with Crippen LogP contribution in [0.2, 0.25) is 0 Å². The monoisotopic (exact) mass is 312 g/mol. The fraction of sp³-hybridized carbons (Fsp3) is 0.583. The summed E-state index contributed by atoms with van der Waals surface area (Å²) in [6, 6.07) is 1.81. The zero-order chi connectivity index (χ0) is 13.0. The minimum absolute atomic E-state index is 0.0583. The first kappa shape index (κ1) is 13.3. The number of aromatic nitrogens is 2. The Hall–Kier alpha value is -1.17. The molecule has 0 spiro atoms. The molecule has 0 unspecified atom stereocenters. The number of alkyl halides is 1. The zero-order valence-corrected chi connectivity index (χ0v) is 12.0. The number of amides is 1. The molecule has 1 aromatic rings. The molecule has 6 heteroatoms. The van der Waals surface area contributed by atoms with Crippen molar-refractivity contribution in [2.45, 2.75) is 18.2 Å². The fourth-order valence-corrected chi connectivity index (χ4v) is 2.24. The third-order valence-corrected chi connectivity index (χ3v) is 4.09. The number of hydrogen-bond donors (Lipinski definition) is 0. The van der Waals surface area contributed by atoms with Crippen LogP contribution in [0.3, 0.4) is 0 Å². The molecule has 1 aliphatic rings. The van der Waals surface area contributed by atoms with Gasteiger partial charge in [0.2, 0.25) is 11.9 Å². The standard InChI is InChI=1S/C12H17BrN4O/c1-2-10(13)11(18)16-6-8-17(9-7-16)12-14-4-3-5-15-12/h3-5,10H,2,6-9H2,1H3/t10-/m1/s1. The predicted molar refractivity (Wildman–Crippen MR) is 73.8 cm³/mol. The van der Waals surface area contributed by atoms with E-state index in [1.54, 1.807) is 18.5 Å². The van der Waals surface area contributed by atoms with Gasteiger partial charge in [0.05, 0.1) is 4.83 Å². The van der Waals surface area contributed by atoms with Crippen LogP contribution >= 0.6 is 15.9 Å². The number of nitrogens with zero attached hydrogens (tertiary/aromatic N) is 4. The largest absolute Gasteiger partial charge is 0.338 e. The lowest BCUT2D eigenvalue weighted by Gasteiger charge is -2.35. The number of carbonyl (C=O) groups excluding carboxylic acids is 1. The summed E-state index contributed by atoms with van der Waals surface area (Å²) in [6.07, 6.45) is 4.30. The average molecular weight is 313 g/mol. The minimum Gasteiger partial charge on any atom is -0.338 e. The molecule has 0 bridgehead atoms. The van der Waals surface area contributed by atoms with E-state index in [9.17, 15) is 4.79 Å². The number of hydrogen-bond acceptors (Lipinski definition) is 4. The van der Waals surface area contributed by atoms with E-state index in [1.165, 1.54) is 0 Å². The topological polar surface area (TPSA) is 49.3 Å². The number of piperazine rings is 1. The Labute approximate surface area is 115 Å². The SMILES string of the molecule is CC[C@@H](Br)C(=O)N1CCN(c2ncccn2)CC1. The van der Waals surface area contributed by atoms with Crippen LogP contribution in [0.5, 0.6) is 0 Å². The molecular weight excluding hydrogens is 296 g/mol. The van der Waals surface area contributed by atoms with Crippen LogP contribution in [0.25, 0.3) is 0 Å². The second kappa shape index (κ2) is 6.13. The highest BCUT2D eigenvalue weighted by Crippen LogP contribution is 2.14. The van der Waals surface area contributed by atoms with Crippen LogP contribution in [0.4, 0.5) is 5.95 Å². The van der Waals surface area contributed by atoms with Crippen LogP contribution in [-0.2, 0) is 4.79 Å². The third kappa shape index (κ3) is 2.98. The Morgan fingerprint density at radius 3 is 2.50 bits per heavy atom. The number of halogens is 1. The first-order valence-electron chi connectivity index (χ1n) is 6.17. The highest BCUT2D eigenvalue weighted by atomic mass is 79.9. The van der Waals surface area contributed by atoms with Crippen LogP contribution < -0.4 is 4.90 Å². The zero-order valence-electron chi connectivity index (χ0n) is 10.4. The molecule has 1 saturated heterocycles. The Bertz CT molecular complexity index is 392. The summed E-state index contributed by atoms with van der Waals surface area (Å²) in [5.74, 6) is 0.932. The average Bonchev–Trinajstić information content (AvgIpc) is 2.47. The second-order valence-electron chi connectivity index (χ2n) is 4.24. The smallest absolute Gasteiger partial charge is 0.236 e. The maximum absolute atomic E-state index is 12.0. The highest BCUT2D eigenvalue weighted by Gasteiger charge is 2.25. The molecule has 0 aromatic carbocycles. The predicted octanol–water partition coefficient (Wildman–Crippen LogP) is 1.30. The summed E-state index contributed by atoms with van der Waals surface area (Å²) >= 11 is 3.41. The molecule has 1 amide bonds. The van der Waals surface area contributed by atoms with Crippen LogP contribution in [0, 0.1) is 0 Å². The maximum atomic E-state index is 12.0. The minimum atomic E-state index is -0.0583. The van der Waals surface area contributed by atoms with Crippen LogP contribution in [-0.4, -0.2) is 51.8 Å². The number of carbonyl (C=O) groups is 1. The Kier molecular flexibility index (Phi) is 4.52.